The molecule has 1 aliphatic carbocycles. The molecule has 3 N–H and O–H groups in total. The second kappa shape index (κ2) is 9.14. The fourth-order valence-corrected chi connectivity index (χ4v) is 5.99. The summed E-state index contributed by atoms with van der Waals surface area (Å²) in [6, 6.07) is 6.94. The third-order valence-electron chi connectivity index (χ3n) is 6.33. The van der Waals surface area contributed by atoms with Gasteiger partial charge in [-0.05, 0) is 43.2 Å². The Balaban J connectivity index is 1.63. The Morgan fingerprint density at radius 1 is 1.32 bits per heavy atom. The second-order valence-electron chi connectivity index (χ2n) is 8.73. The van der Waals surface area contributed by atoms with Gasteiger partial charge in [-0.3, -0.25) is 9.59 Å². The molecule has 2 heterocycles. The molecule has 2 aromatic rings. The highest BCUT2D eigenvalue weighted by atomic mass is 35.5. The van der Waals surface area contributed by atoms with Gasteiger partial charge in [-0.15, -0.1) is 0 Å². The molecule has 34 heavy (non-hydrogen) atoms. The fourth-order valence-electron chi connectivity index (χ4n) is 4.46. The minimum Gasteiger partial charge on any atom is -0.378 e. The van der Waals surface area contributed by atoms with Crippen LogP contribution in [0.15, 0.2) is 41.5 Å². The smallest absolute Gasteiger partial charge is 0.274 e. The first kappa shape index (κ1) is 24.4. The number of carbonyl (C=O) groups is 2. The third-order valence-corrected chi connectivity index (χ3v) is 7.92. The maximum absolute atomic E-state index is 15.1. The average molecular weight is 508 g/mol. The molecule has 0 spiro atoms. The quantitative estimate of drug-likeness (QED) is 0.590. The van der Waals surface area contributed by atoms with E-state index in [1.165, 1.54) is 53.2 Å². The minimum absolute atomic E-state index is 0.0194. The van der Waals surface area contributed by atoms with Crippen LogP contribution in [0.2, 0.25) is 5.02 Å². The number of amides is 2. The van der Waals surface area contributed by atoms with Crippen LogP contribution in [0.4, 0.5) is 14.5 Å². The van der Waals surface area contributed by atoms with E-state index in [-0.39, 0.29) is 40.4 Å². The standard InChI is InChI=1S/C23H24ClF2N5O2S/c1-31(2)19(32)7-8-22-10-18(22)23(12-25,30-21(27)34-22)15-9-14(4-5-16(15)26)29-20(33)17-6-3-13(24)11-28-17/h3-6,9,11,18H,7-8,10,12H2,1-2H3,(H2,27,30)(H,29,33)/t18-,22+,23-/m1/s1. The average Bonchev–Trinajstić information content (AvgIpc) is 3.53. The fraction of sp³-hybridized carbons (Fsp3) is 0.391. The van der Waals surface area contributed by atoms with Gasteiger partial charge in [0.05, 0.1) is 5.02 Å². The van der Waals surface area contributed by atoms with Crippen molar-refractivity contribution in [2.24, 2.45) is 16.6 Å². The normalized spacial score (nSPS) is 25.2. The number of pyridine rings is 1. The zero-order chi connectivity index (χ0) is 24.7. The maximum atomic E-state index is 15.1. The Morgan fingerprint density at radius 2 is 2.09 bits per heavy atom. The van der Waals surface area contributed by atoms with Gasteiger partial charge in [-0.2, -0.15) is 0 Å². The van der Waals surface area contributed by atoms with E-state index < -0.39 is 28.7 Å². The van der Waals surface area contributed by atoms with E-state index in [0.29, 0.717) is 17.9 Å². The number of thioether (sulfide) groups is 1. The first-order valence-corrected chi connectivity index (χ1v) is 11.8. The lowest BCUT2D eigenvalue weighted by atomic mass is 9.84. The predicted octanol–water partition coefficient (Wildman–Crippen LogP) is 3.98. The minimum atomic E-state index is -1.53. The summed E-state index contributed by atoms with van der Waals surface area (Å²) >= 11 is 7.14. The van der Waals surface area contributed by atoms with Crippen LogP contribution in [0.3, 0.4) is 0 Å². The summed E-state index contributed by atoms with van der Waals surface area (Å²) in [4.78, 5) is 34.5. The van der Waals surface area contributed by atoms with Crippen molar-refractivity contribution in [3.63, 3.8) is 0 Å². The lowest BCUT2D eigenvalue weighted by Crippen LogP contribution is -2.40. The van der Waals surface area contributed by atoms with Crippen LogP contribution in [0, 0.1) is 11.7 Å². The van der Waals surface area contributed by atoms with Crippen LogP contribution in [0.25, 0.3) is 0 Å². The zero-order valence-electron chi connectivity index (χ0n) is 18.6. The third kappa shape index (κ3) is 4.48. The van der Waals surface area contributed by atoms with Crippen molar-refractivity contribution >= 4 is 46.0 Å². The van der Waals surface area contributed by atoms with Crippen molar-refractivity contribution < 1.29 is 18.4 Å². The van der Waals surface area contributed by atoms with Gasteiger partial charge in [0.25, 0.3) is 5.91 Å². The number of nitrogens with two attached hydrogens (primary N) is 1. The Morgan fingerprint density at radius 3 is 2.74 bits per heavy atom. The first-order chi connectivity index (χ1) is 16.1. The molecular formula is C23H24ClF2N5O2S. The lowest BCUT2D eigenvalue weighted by Gasteiger charge is -2.35. The molecule has 1 aliphatic heterocycles. The second-order valence-corrected chi connectivity index (χ2v) is 10.6. The van der Waals surface area contributed by atoms with E-state index in [9.17, 15) is 14.0 Å². The lowest BCUT2D eigenvalue weighted by molar-refractivity contribution is -0.128. The van der Waals surface area contributed by atoms with Crippen molar-refractivity contribution in [3.05, 3.63) is 58.6 Å². The molecule has 2 aliphatic rings. The number of anilines is 1. The molecule has 0 bridgehead atoms. The van der Waals surface area contributed by atoms with Crippen LogP contribution < -0.4 is 11.1 Å². The van der Waals surface area contributed by atoms with Crippen molar-refractivity contribution in [2.75, 3.05) is 26.1 Å². The summed E-state index contributed by atoms with van der Waals surface area (Å²) in [5.74, 6) is -1.54. The summed E-state index contributed by atoms with van der Waals surface area (Å²) in [6.45, 7) is -0.963. The number of halogens is 3. The number of rotatable bonds is 7. The Labute approximate surface area is 205 Å². The monoisotopic (exact) mass is 507 g/mol. The molecule has 7 nitrogen and oxygen atoms in total. The predicted molar refractivity (Wildman–Crippen MR) is 129 cm³/mol. The first-order valence-electron chi connectivity index (χ1n) is 10.6. The number of aromatic nitrogens is 1. The highest BCUT2D eigenvalue weighted by molar-refractivity contribution is 8.15. The zero-order valence-corrected chi connectivity index (χ0v) is 20.2. The molecule has 0 radical (unpaired) electrons. The van der Waals surface area contributed by atoms with Gasteiger partial charge >= 0.3 is 0 Å². The number of fused-ring (bicyclic) bond motifs is 1. The van der Waals surface area contributed by atoms with Crippen LogP contribution in [0.5, 0.6) is 0 Å². The number of benzene rings is 1. The van der Waals surface area contributed by atoms with Gasteiger partial charge in [0, 0.05) is 48.6 Å². The molecule has 0 unspecified atom stereocenters. The summed E-state index contributed by atoms with van der Waals surface area (Å²) in [6.07, 6.45) is 2.66. The molecule has 0 saturated heterocycles. The van der Waals surface area contributed by atoms with E-state index in [1.54, 1.807) is 14.1 Å². The number of carbonyl (C=O) groups excluding carboxylic acids is 2. The SMILES string of the molecule is CN(C)C(=O)CC[C@]12C[C@H]1[C@@](CF)(c1cc(NC(=O)c3ccc(Cl)cn3)ccc1F)N=C(N)S2. The topological polar surface area (TPSA) is 101 Å². The van der Waals surface area contributed by atoms with Gasteiger partial charge in [0.1, 0.15) is 23.7 Å². The van der Waals surface area contributed by atoms with Crippen molar-refractivity contribution in [1.82, 2.24) is 9.88 Å². The molecular weight excluding hydrogens is 484 g/mol. The number of hydrogen-bond acceptors (Lipinski definition) is 6. The Kier molecular flexibility index (Phi) is 6.56. The Bertz CT molecular complexity index is 1160. The molecule has 1 fully saturated rings. The molecule has 11 heteroatoms. The summed E-state index contributed by atoms with van der Waals surface area (Å²) < 4.78 is 29.3. The van der Waals surface area contributed by atoms with Crippen LogP contribution in [-0.2, 0) is 10.3 Å². The number of aliphatic imine (C=N–C) groups is 1. The Hall–Kier alpha value is -2.72. The van der Waals surface area contributed by atoms with E-state index in [1.807, 2.05) is 0 Å². The number of amidine groups is 1. The molecule has 1 aromatic heterocycles. The van der Waals surface area contributed by atoms with Gasteiger partial charge < -0.3 is 16.0 Å². The van der Waals surface area contributed by atoms with E-state index in [2.05, 4.69) is 15.3 Å². The molecule has 4 rings (SSSR count). The largest absolute Gasteiger partial charge is 0.378 e. The molecule has 1 saturated carbocycles. The summed E-state index contributed by atoms with van der Waals surface area (Å²) in [5, 5.41) is 3.20. The van der Waals surface area contributed by atoms with Crippen molar-refractivity contribution in [2.45, 2.75) is 29.5 Å². The van der Waals surface area contributed by atoms with Gasteiger partial charge in [-0.1, -0.05) is 23.4 Å². The van der Waals surface area contributed by atoms with Crippen LogP contribution in [-0.4, -0.2) is 52.4 Å². The molecule has 1 aromatic carbocycles. The van der Waals surface area contributed by atoms with E-state index >= 15 is 4.39 Å². The van der Waals surface area contributed by atoms with Gasteiger partial charge in [-0.25, -0.2) is 18.8 Å². The summed E-state index contributed by atoms with van der Waals surface area (Å²) in [5.41, 5.74) is 4.97. The molecule has 3 atom stereocenters. The van der Waals surface area contributed by atoms with Crippen molar-refractivity contribution in [1.29, 1.82) is 0 Å². The highest BCUT2D eigenvalue weighted by Gasteiger charge is 2.68. The molecule has 180 valence electrons. The number of hydrogen-bond donors (Lipinski definition) is 2. The van der Waals surface area contributed by atoms with E-state index in [4.69, 9.17) is 17.3 Å². The van der Waals surface area contributed by atoms with Gasteiger partial charge in [0.15, 0.2) is 5.17 Å². The molecule has 2 amide bonds. The van der Waals surface area contributed by atoms with Crippen molar-refractivity contribution in [3.8, 4) is 0 Å². The van der Waals surface area contributed by atoms with E-state index in [0.717, 1.165) is 0 Å². The summed E-state index contributed by atoms with van der Waals surface area (Å²) in [7, 11) is 3.35. The maximum Gasteiger partial charge on any atom is 0.274 e. The van der Waals surface area contributed by atoms with Crippen LogP contribution in [0.1, 0.15) is 35.3 Å². The highest BCUT2D eigenvalue weighted by Crippen LogP contribution is 2.68. The number of alkyl halides is 1. The van der Waals surface area contributed by atoms with Crippen LogP contribution >= 0.6 is 23.4 Å². The number of nitrogens with one attached hydrogen (secondary N) is 1. The van der Waals surface area contributed by atoms with Gasteiger partial charge in [0.2, 0.25) is 5.91 Å². The number of nitrogens with zero attached hydrogens (tertiary/aromatic N) is 3.